The predicted octanol–water partition coefficient (Wildman–Crippen LogP) is 4.57. The Morgan fingerprint density at radius 2 is 1.76 bits per heavy atom. The van der Waals surface area contributed by atoms with E-state index in [1.54, 1.807) is 0 Å². The fourth-order valence-corrected chi connectivity index (χ4v) is 3.41. The quantitative estimate of drug-likeness (QED) is 0.681. The molecular weight excluding hydrogens is 308 g/mol. The van der Waals surface area contributed by atoms with Gasteiger partial charge >= 0.3 is 0 Å². The molecule has 3 heteroatoms. The van der Waals surface area contributed by atoms with Gasteiger partial charge in [0.05, 0.1) is 6.61 Å². The second-order valence-electron chi connectivity index (χ2n) is 6.55. The highest BCUT2D eigenvalue weighted by molar-refractivity contribution is 5.36. The van der Waals surface area contributed by atoms with Gasteiger partial charge in [0.25, 0.3) is 0 Å². The van der Waals surface area contributed by atoms with Crippen molar-refractivity contribution in [3.63, 3.8) is 0 Å². The summed E-state index contributed by atoms with van der Waals surface area (Å²) in [5.41, 5.74) is 5.10. The fourth-order valence-electron chi connectivity index (χ4n) is 3.41. The van der Waals surface area contributed by atoms with Crippen LogP contribution in [0.25, 0.3) is 5.69 Å². The van der Waals surface area contributed by atoms with Crippen molar-refractivity contribution in [2.45, 2.75) is 26.1 Å². The van der Waals surface area contributed by atoms with E-state index < -0.39 is 0 Å². The SMILES string of the molecule is CCc1ccc(-n2ccc([C@H]3OCCN3Cc3ccccc3)c2)cc1. The van der Waals surface area contributed by atoms with E-state index in [2.05, 4.69) is 89.4 Å². The summed E-state index contributed by atoms with van der Waals surface area (Å²) in [6, 6.07) is 21.5. The Morgan fingerprint density at radius 1 is 0.960 bits per heavy atom. The van der Waals surface area contributed by atoms with E-state index in [0.29, 0.717) is 0 Å². The molecule has 3 aromatic rings. The number of nitrogens with zero attached hydrogens (tertiary/aromatic N) is 2. The van der Waals surface area contributed by atoms with Crippen LogP contribution in [0.4, 0.5) is 0 Å². The third-order valence-electron chi connectivity index (χ3n) is 4.86. The lowest BCUT2D eigenvalue weighted by molar-refractivity contribution is 0.0288. The molecule has 3 nitrogen and oxygen atoms in total. The van der Waals surface area contributed by atoms with Crippen molar-refractivity contribution in [3.05, 3.63) is 89.7 Å². The Morgan fingerprint density at radius 3 is 2.52 bits per heavy atom. The topological polar surface area (TPSA) is 17.4 Å². The Labute approximate surface area is 149 Å². The molecule has 1 aliphatic heterocycles. The summed E-state index contributed by atoms with van der Waals surface area (Å²) in [5.74, 6) is 0. The van der Waals surface area contributed by atoms with Crippen LogP contribution in [0, 0.1) is 0 Å². The van der Waals surface area contributed by atoms with Crippen LogP contribution in [-0.4, -0.2) is 22.6 Å². The summed E-state index contributed by atoms with van der Waals surface area (Å²) in [7, 11) is 0. The first kappa shape index (κ1) is 16.1. The van der Waals surface area contributed by atoms with Gasteiger partial charge in [0.1, 0.15) is 6.23 Å². The molecular formula is C22H24N2O. The molecule has 1 fully saturated rings. The predicted molar refractivity (Wildman–Crippen MR) is 101 cm³/mol. The van der Waals surface area contributed by atoms with Crippen molar-refractivity contribution in [2.24, 2.45) is 0 Å². The summed E-state index contributed by atoms with van der Waals surface area (Å²) in [6.07, 6.45) is 5.42. The minimum atomic E-state index is 0.0383. The maximum absolute atomic E-state index is 6.02. The van der Waals surface area contributed by atoms with Crippen LogP contribution >= 0.6 is 0 Å². The first-order valence-corrected chi connectivity index (χ1v) is 9.00. The fraction of sp³-hybridized carbons (Fsp3) is 0.273. The lowest BCUT2D eigenvalue weighted by Gasteiger charge is -2.22. The van der Waals surface area contributed by atoms with Gasteiger partial charge in [-0.15, -0.1) is 0 Å². The van der Waals surface area contributed by atoms with Crippen molar-refractivity contribution in [3.8, 4) is 5.69 Å². The average molecular weight is 332 g/mol. The highest BCUT2D eigenvalue weighted by Crippen LogP contribution is 2.29. The second-order valence-corrected chi connectivity index (χ2v) is 6.55. The lowest BCUT2D eigenvalue weighted by Crippen LogP contribution is -2.23. The number of rotatable bonds is 5. The minimum absolute atomic E-state index is 0.0383. The van der Waals surface area contributed by atoms with E-state index in [1.807, 2.05) is 0 Å². The van der Waals surface area contributed by atoms with E-state index in [1.165, 1.54) is 22.4 Å². The molecule has 0 spiro atoms. The molecule has 1 aromatic heterocycles. The van der Waals surface area contributed by atoms with Gasteiger partial charge in [0.2, 0.25) is 0 Å². The smallest absolute Gasteiger partial charge is 0.138 e. The third-order valence-corrected chi connectivity index (χ3v) is 4.86. The molecule has 0 radical (unpaired) electrons. The second kappa shape index (κ2) is 7.26. The highest BCUT2D eigenvalue weighted by atomic mass is 16.5. The first-order valence-electron chi connectivity index (χ1n) is 9.00. The van der Waals surface area contributed by atoms with Gasteiger partial charge in [-0.25, -0.2) is 0 Å². The van der Waals surface area contributed by atoms with E-state index in [0.717, 1.165) is 26.1 Å². The van der Waals surface area contributed by atoms with Gasteiger partial charge in [0, 0.05) is 36.7 Å². The molecule has 2 heterocycles. The highest BCUT2D eigenvalue weighted by Gasteiger charge is 2.27. The molecule has 4 rings (SSSR count). The minimum Gasteiger partial charge on any atom is -0.357 e. The number of hydrogen-bond acceptors (Lipinski definition) is 2. The molecule has 1 saturated heterocycles. The molecule has 1 aliphatic rings. The number of benzene rings is 2. The van der Waals surface area contributed by atoms with E-state index in [-0.39, 0.29) is 6.23 Å². The molecule has 0 unspecified atom stereocenters. The number of aryl methyl sites for hydroxylation is 1. The van der Waals surface area contributed by atoms with Crippen molar-refractivity contribution < 1.29 is 4.74 Å². The van der Waals surface area contributed by atoms with Crippen LogP contribution in [0.2, 0.25) is 0 Å². The molecule has 25 heavy (non-hydrogen) atoms. The Bertz CT molecular complexity index is 808. The Hall–Kier alpha value is -2.36. The maximum atomic E-state index is 6.02. The van der Waals surface area contributed by atoms with E-state index in [9.17, 15) is 0 Å². The van der Waals surface area contributed by atoms with Gasteiger partial charge < -0.3 is 9.30 Å². The molecule has 0 N–H and O–H groups in total. The average Bonchev–Trinajstić information content (AvgIpc) is 3.32. The largest absolute Gasteiger partial charge is 0.357 e. The molecule has 0 aliphatic carbocycles. The summed E-state index contributed by atoms with van der Waals surface area (Å²) >= 11 is 0. The van der Waals surface area contributed by atoms with Crippen LogP contribution in [0.3, 0.4) is 0 Å². The van der Waals surface area contributed by atoms with Gasteiger partial charge in [0.15, 0.2) is 0 Å². The molecule has 0 bridgehead atoms. The summed E-state index contributed by atoms with van der Waals surface area (Å²) < 4.78 is 8.20. The van der Waals surface area contributed by atoms with Crippen LogP contribution in [-0.2, 0) is 17.7 Å². The summed E-state index contributed by atoms with van der Waals surface area (Å²) in [5, 5.41) is 0. The molecule has 2 aromatic carbocycles. The standard InChI is InChI=1S/C22H24N2O/c1-2-18-8-10-21(11-9-18)23-13-12-20(17-23)22-24(14-15-25-22)16-19-6-4-3-5-7-19/h3-13,17,22H,2,14-16H2,1H3/t22-/m1/s1. The Balaban J connectivity index is 1.52. The zero-order valence-electron chi connectivity index (χ0n) is 14.6. The van der Waals surface area contributed by atoms with E-state index in [4.69, 9.17) is 4.74 Å². The third kappa shape index (κ3) is 3.53. The first-order chi connectivity index (χ1) is 12.3. The molecule has 0 amide bonds. The number of hydrogen-bond donors (Lipinski definition) is 0. The van der Waals surface area contributed by atoms with Gasteiger partial charge in [-0.05, 0) is 35.7 Å². The van der Waals surface area contributed by atoms with Crippen molar-refractivity contribution in [2.75, 3.05) is 13.2 Å². The van der Waals surface area contributed by atoms with Crippen molar-refractivity contribution in [1.29, 1.82) is 0 Å². The zero-order chi connectivity index (χ0) is 17.1. The molecule has 0 saturated carbocycles. The number of aromatic nitrogens is 1. The monoisotopic (exact) mass is 332 g/mol. The maximum Gasteiger partial charge on any atom is 0.138 e. The Kier molecular flexibility index (Phi) is 4.68. The van der Waals surface area contributed by atoms with E-state index >= 15 is 0 Å². The lowest BCUT2D eigenvalue weighted by atomic mass is 10.1. The number of ether oxygens (including phenoxy) is 1. The van der Waals surface area contributed by atoms with Gasteiger partial charge in [-0.1, -0.05) is 49.4 Å². The summed E-state index contributed by atoms with van der Waals surface area (Å²) in [6.45, 7) is 4.85. The van der Waals surface area contributed by atoms with Crippen LogP contribution in [0.5, 0.6) is 0 Å². The van der Waals surface area contributed by atoms with Crippen LogP contribution in [0.15, 0.2) is 73.1 Å². The van der Waals surface area contributed by atoms with Crippen LogP contribution in [0.1, 0.15) is 29.8 Å². The molecule has 128 valence electrons. The van der Waals surface area contributed by atoms with Crippen molar-refractivity contribution in [1.82, 2.24) is 9.47 Å². The van der Waals surface area contributed by atoms with Gasteiger partial charge in [-0.2, -0.15) is 0 Å². The zero-order valence-corrected chi connectivity index (χ0v) is 14.6. The summed E-state index contributed by atoms with van der Waals surface area (Å²) in [4.78, 5) is 2.40. The van der Waals surface area contributed by atoms with Crippen molar-refractivity contribution >= 4 is 0 Å². The molecule has 1 atom stereocenters. The van der Waals surface area contributed by atoms with Gasteiger partial charge in [-0.3, -0.25) is 4.90 Å². The normalized spacial score (nSPS) is 17.9. The van der Waals surface area contributed by atoms with Crippen LogP contribution < -0.4 is 0 Å².